The van der Waals surface area contributed by atoms with Gasteiger partial charge in [0, 0.05) is 16.5 Å². The lowest BCUT2D eigenvalue weighted by Gasteiger charge is -2.10. The lowest BCUT2D eigenvalue weighted by Crippen LogP contribution is -2.07. The molecule has 0 atom stereocenters. The van der Waals surface area contributed by atoms with Crippen molar-refractivity contribution in [1.29, 1.82) is 0 Å². The van der Waals surface area contributed by atoms with Gasteiger partial charge in [0.05, 0.1) is 5.52 Å². The average Bonchev–Trinajstić information content (AvgIpc) is 2.90. The number of rotatable bonds is 5. The third-order valence-corrected chi connectivity index (χ3v) is 4.03. The van der Waals surface area contributed by atoms with Crippen molar-refractivity contribution >= 4 is 34.1 Å². The molecule has 0 radical (unpaired) electrons. The molecule has 0 spiro atoms. The van der Waals surface area contributed by atoms with Gasteiger partial charge in [-0.3, -0.25) is 4.79 Å². The standard InChI is InChI=1S/C19H18ClN3O3/c1-12(2)23-16-9-4-3-8-15(16)18(19(23)25)22-21-17(24)11-26-14-7-5-6-13(20)10-14/h3-10,12,25H,11H2,1-2H3. The number of benzene rings is 2. The molecule has 0 aliphatic rings. The highest BCUT2D eigenvalue weighted by Crippen LogP contribution is 2.40. The summed E-state index contributed by atoms with van der Waals surface area (Å²) in [6.07, 6.45) is 0. The van der Waals surface area contributed by atoms with Crippen molar-refractivity contribution < 1.29 is 14.6 Å². The van der Waals surface area contributed by atoms with Crippen LogP contribution in [0.1, 0.15) is 19.9 Å². The zero-order chi connectivity index (χ0) is 18.7. The van der Waals surface area contributed by atoms with Crippen molar-refractivity contribution in [2.45, 2.75) is 19.9 Å². The zero-order valence-corrected chi connectivity index (χ0v) is 15.1. The van der Waals surface area contributed by atoms with Crippen molar-refractivity contribution in [3.63, 3.8) is 0 Å². The van der Waals surface area contributed by atoms with E-state index in [4.69, 9.17) is 16.3 Å². The van der Waals surface area contributed by atoms with Gasteiger partial charge in [0.2, 0.25) is 5.88 Å². The van der Waals surface area contributed by atoms with Crippen LogP contribution in [0, 0.1) is 0 Å². The molecular weight excluding hydrogens is 354 g/mol. The van der Waals surface area contributed by atoms with E-state index in [1.165, 1.54) is 0 Å². The van der Waals surface area contributed by atoms with Crippen molar-refractivity contribution in [1.82, 2.24) is 4.57 Å². The predicted molar refractivity (Wildman–Crippen MR) is 100 cm³/mol. The summed E-state index contributed by atoms with van der Waals surface area (Å²) in [5, 5.41) is 19.4. The van der Waals surface area contributed by atoms with Crippen LogP contribution in [0.2, 0.25) is 5.02 Å². The van der Waals surface area contributed by atoms with Gasteiger partial charge in [0.25, 0.3) is 0 Å². The Morgan fingerprint density at radius 2 is 2.00 bits per heavy atom. The minimum Gasteiger partial charge on any atom is -0.493 e. The fourth-order valence-electron chi connectivity index (χ4n) is 2.69. The number of para-hydroxylation sites is 1. The summed E-state index contributed by atoms with van der Waals surface area (Å²) >= 11 is 5.87. The van der Waals surface area contributed by atoms with Crippen molar-refractivity contribution in [3.05, 3.63) is 53.6 Å². The smallest absolute Gasteiger partial charge is 0.302 e. The first-order chi connectivity index (χ1) is 12.5. The Labute approximate surface area is 155 Å². The van der Waals surface area contributed by atoms with E-state index in [-0.39, 0.29) is 24.2 Å². The normalized spacial score (nSPS) is 11.5. The molecule has 0 bridgehead atoms. The number of azo groups is 1. The largest absolute Gasteiger partial charge is 0.493 e. The van der Waals surface area contributed by atoms with E-state index in [1.807, 2.05) is 38.1 Å². The van der Waals surface area contributed by atoms with Gasteiger partial charge in [-0.1, -0.05) is 35.9 Å². The molecule has 0 aliphatic heterocycles. The monoisotopic (exact) mass is 371 g/mol. The summed E-state index contributed by atoms with van der Waals surface area (Å²) in [6.45, 7) is 3.64. The predicted octanol–water partition coefficient (Wildman–Crippen LogP) is 5.27. The molecule has 6 nitrogen and oxygen atoms in total. The second kappa shape index (κ2) is 7.58. The van der Waals surface area contributed by atoms with Crippen LogP contribution in [-0.2, 0) is 4.79 Å². The fourth-order valence-corrected chi connectivity index (χ4v) is 2.87. The van der Waals surface area contributed by atoms with Gasteiger partial charge in [-0.15, -0.1) is 10.2 Å². The maximum Gasteiger partial charge on any atom is 0.302 e. The molecule has 134 valence electrons. The van der Waals surface area contributed by atoms with Crippen LogP contribution in [-0.4, -0.2) is 22.2 Å². The van der Waals surface area contributed by atoms with Crippen LogP contribution in [0.25, 0.3) is 10.9 Å². The molecule has 3 aromatic rings. The lowest BCUT2D eigenvalue weighted by molar-refractivity contribution is -0.120. The molecular formula is C19H18ClN3O3. The van der Waals surface area contributed by atoms with E-state index >= 15 is 0 Å². The number of ether oxygens (including phenoxy) is 1. The minimum absolute atomic E-state index is 0.0199. The Kier molecular flexibility index (Phi) is 5.23. The molecule has 0 saturated carbocycles. The third-order valence-electron chi connectivity index (χ3n) is 3.80. The molecule has 7 heteroatoms. The van der Waals surface area contributed by atoms with Crippen LogP contribution in [0.5, 0.6) is 11.6 Å². The first-order valence-corrected chi connectivity index (χ1v) is 8.50. The highest BCUT2D eigenvalue weighted by atomic mass is 35.5. The van der Waals surface area contributed by atoms with Gasteiger partial charge in [-0.2, -0.15) is 0 Å². The van der Waals surface area contributed by atoms with Gasteiger partial charge >= 0.3 is 5.91 Å². The van der Waals surface area contributed by atoms with Crippen LogP contribution >= 0.6 is 11.6 Å². The molecule has 0 saturated heterocycles. The second-order valence-corrected chi connectivity index (χ2v) is 6.43. The van der Waals surface area contributed by atoms with Gasteiger partial charge in [0.15, 0.2) is 12.3 Å². The van der Waals surface area contributed by atoms with Gasteiger partial charge < -0.3 is 14.4 Å². The Morgan fingerprint density at radius 3 is 2.73 bits per heavy atom. The number of aromatic hydroxyl groups is 1. The fraction of sp³-hybridized carbons (Fsp3) is 0.211. The summed E-state index contributed by atoms with van der Waals surface area (Å²) in [5.41, 5.74) is 1.10. The number of hydrogen-bond donors (Lipinski definition) is 1. The minimum atomic E-state index is -0.564. The first kappa shape index (κ1) is 17.9. The molecule has 1 amide bonds. The van der Waals surface area contributed by atoms with Crippen LogP contribution in [0.3, 0.4) is 0 Å². The quantitative estimate of drug-likeness (QED) is 0.620. The number of carbonyl (C=O) groups is 1. The zero-order valence-electron chi connectivity index (χ0n) is 14.4. The maximum absolute atomic E-state index is 12.0. The van der Waals surface area contributed by atoms with Crippen molar-refractivity contribution in [2.24, 2.45) is 10.2 Å². The van der Waals surface area contributed by atoms with E-state index in [0.29, 0.717) is 10.8 Å². The summed E-state index contributed by atoms with van der Waals surface area (Å²) < 4.78 is 7.09. The number of carbonyl (C=O) groups excluding carboxylic acids is 1. The molecule has 0 aliphatic carbocycles. The summed E-state index contributed by atoms with van der Waals surface area (Å²) in [4.78, 5) is 12.0. The number of halogens is 1. The van der Waals surface area contributed by atoms with E-state index < -0.39 is 5.91 Å². The van der Waals surface area contributed by atoms with E-state index in [2.05, 4.69) is 10.2 Å². The van der Waals surface area contributed by atoms with Crippen LogP contribution in [0.4, 0.5) is 5.69 Å². The summed E-state index contributed by atoms with van der Waals surface area (Å²) in [5.74, 6) is -0.112. The highest BCUT2D eigenvalue weighted by molar-refractivity contribution is 6.30. The number of hydrogen-bond acceptors (Lipinski definition) is 4. The van der Waals surface area contributed by atoms with Crippen molar-refractivity contribution in [3.8, 4) is 11.6 Å². The number of amides is 1. The highest BCUT2D eigenvalue weighted by Gasteiger charge is 2.18. The van der Waals surface area contributed by atoms with Gasteiger partial charge in [0.1, 0.15) is 5.75 Å². The number of fused-ring (bicyclic) bond motifs is 1. The molecule has 0 unspecified atom stereocenters. The lowest BCUT2D eigenvalue weighted by atomic mass is 10.2. The van der Waals surface area contributed by atoms with E-state index in [0.717, 1.165) is 10.9 Å². The molecule has 2 aromatic carbocycles. The molecule has 1 heterocycles. The molecule has 1 aromatic heterocycles. The Bertz CT molecular complexity index is 979. The number of aromatic nitrogens is 1. The molecule has 1 N–H and O–H groups in total. The average molecular weight is 372 g/mol. The summed E-state index contributed by atoms with van der Waals surface area (Å²) in [7, 11) is 0. The second-order valence-electron chi connectivity index (χ2n) is 5.99. The Morgan fingerprint density at radius 1 is 1.23 bits per heavy atom. The van der Waals surface area contributed by atoms with Gasteiger partial charge in [-0.25, -0.2) is 0 Å². The molecule has 26 heavy (non-hydrogen) atoms. The van der Waals surface area contributed by atoms with Crippen molar-refractivity contribution in [2.75, 3.05) is 6.61 Å². The Balaban J connectivity index is 1.80. The SMILES string of the molecule is CC(C)n1c(O)c(N=NC(=O)COc2cccc(Cl)c2)c2ccccc21. The van der Waals surface area contributed by atoms with Gasteiger partial charge in [-0.05, 0) is 38.1 Å². The van der Waals surface area contributed by atoms with Crippen LogP contribution < -0.4 is 4.74 Å². The third kappa shape index (κ3) is 3.70. The number of nitrogens with zero attached hydrogens (tertiary/aromatic N) is 3. The van der Waals surface area contributed by atoms with E-state index in [9.17, 15) is 9.90 Å². The van der Waals surface area contributed by atoms with E-state index in [1.54, 1.807) is 28.8 Å². The van der Waals surface area contributed by atoms with Crippen LogP contribution in [0.15, 0.2) is 58.8 Å². The summed E-state index contributed by atoms with van der Waals surface area (Å²) in [6, 6.07) is 14.2. The molecule has 3 rings (SSSR count). The first-order valence-electron chi connectivity index (χ1n) is 8.12. The Hall–Kier alpha value is -2.86. The molecule has 0 fully saturated rings. The topological polar surface area (TPSA) is 76.2 Å². The maximum atomic E-state index is 12.0.